The fraction of sp³-hybridized carbons (Fsp3) is 0.400. The Labute approximate surface area is 72.6 Å². The molecule has 0 aromatic carbocycles. The van der Waals surface area contributed by atoms with Crippen LogP contribution in [0.5, 0.6) is 0 Å². The van der Waals surface area contributed by atoms with Crippen molar-refractivity contribution in [1.82, 2.24) is 0 Å². The number of rotatable bonds is 2. The van der Waals surface area contributed by atoms with Crippen LogP contribution >= 0.6 is 0 Å². The molecule has 0 unspecified atom stereocenters. The molecule has 4 N–H and O–H groups in total. The van der Waals surface area contributed by atoms with Gasteiger partial charge in [0.1, 0.15) is 0 Å². The van der Waals surface area contributed by atoms with Crippen LogP contribution in [-0.2, 0) is 0 Å². The van der Waals surface area contributed by atoms with Crippen molar-refractivity contribution in [3.05, 3.63) is 19.6 Å². The first-order chi connectivity index (χ1) is 3.06. The van der Waals surface area contributed by atoms with E-state index in [2.05, 4.69) is 13.5 Å². The van der Waals surface area contributed by atoms with Gasteiger partial charge in [-0.25, -0.2) is 0 Å². The van der Waals surface area contributed by atoms with Gasteiger partial charge < -0.3 is 18.4 Å². The van der Waals surface area contributed by atoms with Crippen LogP contribution in [0, 0.1) is 6.92 Å². The van der Waals surface area contributed by atoms with Gasteiger partial charge >= 0.3 is 29.6 Å². The molecular weight excluding hydrogens is 111 g/mol. The second-order valence-electron chi connectivity index (χ2n) is 1.73. The molecule has 0 radical (unpaired) electrons. The quantitative estimate of drug-likeness (QED) is 0.178. The molecule has 0 rings (SSSR count). The molecule has 0 bridgehead atoms. The van der Waals surface area contributed by atoms with Crippen molar-refractivity contribution in [3.63, 3.8) is 0 Å². The van der Waals surface area contributed by atoms with Gasteiger partial charge in [0.2, 0.25) is 0 Å². The molecule has 42 valence electrons. The van der Waals surface area contributed by atoms with Crippen LogP contribution < -0.4 is 41.0 Å². The summed E-state index contributed by atoms with van der Waals surface area (Å²) in [6.45, 7) is 6.89. The summed E-state index contributed by atoms with van der Waals surface area (Å²) in [6.07, 6.45) is 2.19. The Kier molecular flexibility index (Phi) is 6.49. The standard InChI is InChI=1S/C5H11N2.Na/c1-3-4-5(2,6)7;/h3H,1-2,4,6-7H2;/q-1;+1. The number of nitrogens with two attached hydrogens (primary N) is 2. The molecule has 8 heavy (non-hydrogen) atoms. The first-order valence-corrected chi connectivity index (χ1v) is 2.10. The van der Waals surface area contributed by atoms with E-state index in [1.165, 1.54) is 0 Å². The molecule has 0 atom stereocenters. The molecule has 0 saturated carbocycles. The molecule has 0 aliphatic rings. The molecule has 0 fully saturated rings. The van der Waals surface area contributed by atoms with Gasteiger partial charge in [-0.3, -0.25) is 0 Å². The van der Waals surface area contributed by atoms with Gasteiger partial charge in [-0.05, 0) is 6.42 Å². The van der Waals surface area contributed by atoms with Crippen LogP contribution in [0.25, 0.3) is 0 Å². The summed E-state index contributed by atoms with van der Waals surface area (Å²) >= 11 is 0. The zero-order valence-corrected chi connectivity index (χ0v) is 7.35. The maximum atomic E-state index is 5.24. The van der Waals surface area contributed by atoms with E-state index in [4.69, 9.17) is 11.5 Å². The van der Waals surface area contributed by atoms with Crippen LogP contribution in [0.3, 0.4) is 0 Å². The van der Waals surface area contributed by atoms with Crippen LogP contribution in [0.2, 0.25) is 0 Å². The van der Waals surface area contributed by atoms with Crippen molar-refractivity contribution in [3.8, 4) is 0 Å². The molecule has 0 aliphatic heterocycles. The van der Waals surface area contributed by atoms with E-state index < -0.39 is 5.66 Å². The van der Waals surface area contributed by atoms with E-state index in [1.807, 2.05) is 0 Å². The average molecular weight is 122 g/mol. The summed E-state index contributed by atoms with van der Waals surface area (Å²) in [4.78, 5) is 0. The summed E-state index contributed by atoms with van der Waals surface area (Å²) in [6, 6.07) is 0. The molecule has 0 aromatic rings. The van der Waals surface area contributed by atoms with Crippen molar-refractivity contribution in [2.75, 3.05) is 0 Å². The third-order valence-electron chi connectivity index (χ3n) is 0.524. The second kappa shape index (κ2) is 4.53. The molecule has 3 heteroatoms. The molecule has 0 amide bonds. The first-order valence-electron chi connectivity index (χ1n) is 2.10. The summed E-state index contributed by atoms with van der Waals surface area (Å²) in [5.74, 6) is 0. The maximum absolute atomic E-state index is 5.24. The minimum atomic E-state index is -0.818. The molecule has 2 nitrogen and oxygen atoms in total. The van der Waals surface area contributed by atoms with E-state index >= 15 is 0 Å². The predicted molar refractivity (Wildman–Crippen MR) is 31.3 cm³/mol. The zero-order valence-electron chi connectivity index (χ0n) is 5.35. The summed E-state index contributed by atoms with van der Waals surface area (Å²) < 4.78 is 0. The fourth-order valence-electron chi connectivity index (χ4n) is 0.269. The van der Waals surface area contributed by atoms with Crippen molar-refractivity contribution in [2.45, 2.75) is 12.1 Å². The van der Waals surface area contributed by atoms with Crippen LogP contribution in [0.15, 0.2) is 12.7 Å². The van der Waals surface area contributed by atoms with Gasteiger partial charge in [-0.2, -0.15) is 0 Å². The third kappa shape index (κ3) is 9.83. The van der Waals surface area contributed by atoms with E-state index in [0.717, 1.165) is 0 Å². The van der Waals surface area contributed by atoms with Gasteiger partial charge in [-0.15, -0.1) is 6.58 Å². The van der Waals surface area contributed by atoms with Gasteiger partial charge in [0.25, 0.3) is 0 Å². The Balaban J connectivity index is 0. The fourth-order valence-corrected chi connectivity index (χ4v) is 0.269. The Bertz CT molecular complexity index is 65.3. The average Bonchev–Trinajstić information content (AvgIpc) is 1.30. The minimum absolute atomic E-state index is 0. The number of hydrogen-bond donors (Lipinski definition) is 2. The predicted octanol–water partition coefficient (Wildman–Crippen LogP) is -2.99. The number of hydrogen-bond acceptors (Lipinski definition) is 2. The molecule has 0 aromatic heterocycles. The SMILES string of the molecule is C=CCC([CH2-])(N)N.[Na+]. The minimum Gasteiger partial charge on any atom is -0.341 e. The van der Waals surface area contributed by atoms with Crippen molar-refractivity contribution >= 4 is 0 Å². The van der Waals surface area contributed by atoms with E-state index in [-0.39, 0.29) is 29.6 Å². The topological polar surface area (TPSA) is 52.0 Å². The Hall–Kier alpha value is 0.660. The van der Waals surface area contributed by atoms with Crippen molar-refractivity contribution in [1.29, 1.82) is 0 Å². The van der Waals surface area contributed by atoms with Gasteiger partial charge in [0.15, 0.2) is 0 Å². The third-order valence-corrected chi connectivity index (χ3v) is 0.524. The summed E-state index contributed by atoms with van der Waals surface area (Å²) in [5, 5.41) is 0. The monoisotopic (exact) mass is 122 g/mol. The van der Waals surface area contributed by atoms with Gasteiger partial charge in [0, 0.05) is 0 Å². The van der Waals surface area contributed by atoms with E-state index in [0.29, 0.717) is 6.42 Å². The van der Waals surface area contributed by atoms with Crippen molar-refractivity contribution < 1.29 is 29.6 Å². The smallest absolute Gasteiger partial charge is 0.341 e. The van der Waals surface area contributed by atoms with Crippen LogP contribution in [0.4, 0.5) is 0 Å². The zero-order chi connectivity index (χ0) is 5.91. The molecule has 0 heterocycles. The second-order valence-corrected chi connectivity index (χ2v) is 1.73. The van der Waals surface area contributed by atoms with E-state index in [9.17, 15) is 0 Å². The van der Waals surface area contributed by atoms with Gasteiger partial charge in [0.05, 0.1) is 0 Å². The molecule has 0 saturated heterocycles. The molecular formula is C5H11N2Na. The first kappa shape index (κ1) is 11.5. The Morgan fingerprint density at radius 1 is 1.62 bits per heavy atom. The molecule has 0 aliphatic carbocycles. The van der Waals surface area contributed by atoms with E-state index in [1.54, 1.807) is 6.08 Å². The largest absolute Gasteiger partial charge is 1.00 e. The van der Waals surface area contributed by atoms with Gasteiger partial charge in [-0.1, -0.05) is 11.7 Å². The summed E-state index contributed by atoms with van der Waals surface area (Å²) in [7, 11) is 0. The summed E-state index contributed by atoms with van der Waals surface area (Å²) in [5.41, 5.74) is 9.67. The normalized spacial score (nSPS) is 9.88. The van der Waals surface area contributed by atoms with Crippen LogP contribution in [-0.4, -0.2) is 5.66 Å². The Morgan fingerprint density at radius 3 is 2.00 bits per heavy atom. The Morgan fingerprint density at radius 2 is 2.00 bits per heavy atom. The molecule has 0 spiro atoms. The van der Waals surface area contributed by atoms with Crippen LogP contribution in [0.1, 0.15) is 6.42 Å². The maximum Gasteiger partial charge on any atom is 1.00 e. The van der Waals surface area contributed by atoms with Crippen molar-refractivity contribution in [2.24, 2.45) is 11.5 Å².